The highest BCUT2D eigenvalue weighted by atomic mass is 32.1. The molecule has 1 aromatic rings. The third-order valence-corrected chi connectivity index (χ3v) is 7.96. The first-order valence-electron chi connectivity index (χ1n) is 9.60. The van der Waals surface area contributed by atoms with Crippen LogP contribution in [0.2, 0.25) is 0 Å². The molecule has 1 aliphatic carbocycles. The molecule has 0 unspecified atom stereocenters. The minimum absolute atomic E-state index is 0.166. The fourth-order valence-corrected chi connectivity index (χ4v) is 6.03. The summed E-state index contributed by atoms with van der Waals surface area (Å²) in [5.74, 6) is 1.06. The van der Waals surface area contributed by atoms with Crippen molar-refractivity contribution in [1.82, 2.24) is 9.80 Å². The fraction of sp³-hybridized carbons (Fsp3) is 0.750. The Hall–Kier alpha value is -0.910. The second-order valence-electron chi connectivity index (χ2n) is 8.59. The van der Waals surface area contributed by atoms with Crippen LogP contribution in [0.3, 0.4) is 0 Å². The van der Waals surface area contributed by atoms with E-state index in [1.807, 2.05) is 11.3 Å². The normalized spacial score (nSPS) is 33.4. The van der Waals surface area contributed by atoms with E-state index in [2.05, 4.69) is 41.4 Å². The van der Waals surface area contributed by atoms with Crippen LogP contribution in [0.1, 0.15) is 43.4 Å². The molecule has 1 spiro atoms. The summed E-state index contributed by atoms with van der Waals surface area (Å²) in [5.41, 5.74) is 0.392. The third kappa shape index (κ3) is 3.15. The van der Waals surface area contributed by atoms with Crippen molar-refractivity contribution in [3.05, 3.63) is 22.4 Å². The van der Waals surface area contributed by atoms with E-state index in [1.54, 1.807) is 0 Å². The van der Waals surface area contributed by atoms with Crippen molar-refractivity contribution in [1.29, 1.82) is 0 Å². The molecule has 3 aliphatic rings. The maximum absolute atomic E-state index is 12.6. The molecule has 4 rings (SSSR count). The summed E-state index contributed by atoms with van der Waals surface area (Å²) in [6, 6.07) is 4.45. The lowest BCUT2D eigenvalue weighted by molar-refractivity contribution is -0.128. The Morgan fingerprint density at radius 2 is 2.04 bits per heavy atom. The quantitative estimate of drug-likeness (QED) is 0.805. The van der Waals surface area contributed by atoms with Gasteiger partial charge in [0.25, 0.3) is 0 Å². The highest BCUT2D eigenvalue weighted by Gasteiger charge is 2.50. The number of likely N-dealkylation sites (tertiary alicyclic amines) is 1. The Morgan fingerprint density at radius 3 is 2.60 bits per heavy atom. The van der Waals surface area contributed by atoms with Gasteiger partial charge in [0.15, 0.2) is 0 Å². The molecule has 1 amide bonds. The van der Waals surface area contributed by atoms with Crippen molar-refractivity contribution in [3.63, 3.8) is 0 Å². The molecule has 25 heavy (non-hydrogen) atoms. The standard InChI is InChI=1S/C20H30N2O2S/c1-21(2)20(17-4-3-11-25-17)8-6-19(7-9-20)12-18(23)22(15-19)10-5-16-13-24-14-16/h3-4,11,16H,5-10,12-15H2,1-2H3. The monoisotopic (exact) mass is 362 g/mol. The zero-order chi connectivity index (χ0) is 17.5. The van der Waals surface area contributed by atoms with E-state index in [-0.39, 0.29) is 11.0 Å². The van der Waals surface area contributed by atoms with Crippen molar-refractivity contribution < 1.29 is 9.53 Å². The third-order valence-electron chi connectivity index (χ3n) is 6.89. The number of rotatable bonds is 5. The number of nitrogens with zero attached hydrogens (tertiary/aromatic N) is 2. The highest BCUT2D eigenvalue weighted by Crippen LogP contribution is 2.52. The number of carbonyl (C=O) groups excluding carboxylic acids is 1. The molecule has 1 aromatic heterocycles. The van der Waals surface area contributed by atoms with Gasteiger partial charge in [-0.25, -0.2) is 0 Å². The lowest BCUT2D eigenvalue weighted by Gasteiger charge is -2.48. The van der Waals surface area contributed by atoms with Crippen LogP contribution in [0, 0.1) is 11.3 Å². The lowest BCUT2D eigenvalue weighted by Crippen LogP contribution is -2.47. The predicted molar refractivity (Wildman–Crippen MR) is 101 cm³/mol. The van der Waals surface area contributed by atoms with Crippen molar-refractivity contribution in [2.24, 2.45) is 11.3 Å². The molecule has 3 fully saturated rings. The van der Waals surface area contributed by atoms with Crippen LogP contribution in [0.4, 0.5) is 0 Å². The molecule has 0 bridgehead atoms. The Balaban J connectivity index is 1.41. The maximum atomic E-state index is 12.6. The lowest BCUT2D eigenvalue weighted by atomic mass is 9.66. The summed E-state index contributed by atoms with van der Waals surface area (Å²) in [5, 5.41) is 2.19. The molecule has 5 heteroatoms. The first-order chi connectivity index (χ1) is 12.0. The molecule has 0 aromatic carbocycles. The largest absolute Gasteiger partial charge is 0.381 e. The molecule has 2 aliphatic heterocycles. The van der Waals surface area contributed by atoms with Crippen LogP contribution < -0.4 is 0 Å². The van der Waals surface area contributed by atoms with Crippen LogP contribution in [0.25, 0.3) is 0 Å². The van der Waals surface area contributed by atoms with Gasteiger partial charge in [-0.05, 0) is 63.1 Å². The van der Waals surface area contributed by atoms with Crippen LogP contribution in [-0.2, 0) is 15.1 Å². The number of thiophene rings is 1. The number of amides is 1. The van der Waals surface area contributed by atoms with Gasteiger partial charge in [0, 0.05) is 30.3 Å². The van der Waals surface area contributed by atoms with Crippen LogP contribution in [0.15, 0.2) is 17.5 Å². The summed E-state index contributed by atoms with van der Waals surface area (Å²) in [6.07, 6.45) is 6.53. The van der Waals surface area contributed by atoms with Gasteiger partial charge >= 0.3 is 0 Å². The summed E-state index contributed by atoms with van der Waals surface area (Å²) in [6.45, 7) is 3.68. The second kappa shape index (κ2) is 6.67. The predicted octanol–water partition coefficient (Wildman–Crippen LogP) is 3.33. The van der Waals surface area contributed by atoms with Crippen LogP contribution in [-0.4, -0.2) is 56.1 Å². The highest BCUT2D eigenvalue weighted by molar-refractivity contribution is 7.10. The topological polar surface area (TPSA) is 32.8 Å². The second-order valence-corrected chi connectivity index (χ2v) is 9.54. The van der Waals surface area contributed by atoms with Gasteiger partial charge in [-0.3, -0.25) is 9.69 Å². The van der Waals surface area contributed by atoms with Gasteiger partial charge in [-0.15, -0.1) is 11.3 Å². The van der Waals surface area contributed by atoms with E-state index in [9.17, 15) is 4.79 Å². The molecule has 4 nitrogen and oxygen atoms in total. The van der Waals surface area contributed by atoms with Gasteiger partial charge in [0.2, 0.25) is 5.91 Å². The Kier molecular flexibility index (Phi) is 4.67. The van der Waals surface area contributed by atoms with Gasteiger partial charge in [-0.1, -0.05) is 6.07 Å². The van der Waals surface area contributed by atoms with Crippen LogP contribution in [0.5, 0.6) is 0 Å². The average molecular weight is 363 g/mol. The molecular formula is C20H30N2O2S. The van der Waals surface area contributed by atoms with Crippen molar-refractivity contribution >= 4 is 17.2 Å². The molecule has 0 atom stereocenters. The zero-order valence-corrected chi connectivity index (χ0v) is 16.3. The van der Waals surface area contributed by atoms with E-state index < -0.39 is 0 Å². The Bertz CT molecular complexity index is 601. The maximum Gasteiger partial charge on any atom is 0.223 e. The first-order valence-corrected chi connectivity index (χ1v) is 10.5. The van der Waals surface area contributed by atoms with Crippen molar-refractivity contribution in [3.8, 4) is 0 Å². The van der Waals surface area contributed by atoms with E-state index in [4.69, 9.17) is 4.74 Å². The number of hydrogen-bond donors (Lipinski definition) is 0. The molecule has 0 radical (unpaired) electrons. The number of carbonyl (C=O) groups is 1. The summed E-state index contributed by atoms with van der Waals surface area (Å²) < 4.78 is 5.26. The van der Waals surface area contributed by atoms with Gasteiger partial charge in [0.05, 0.1) is 18.8 Å². The molecule has 138 valence electrons. The fourth-order valence-electron chi connectivity index (χ4n) is 4.96. The zero-order valence-electron chi connectivity index (χ0n) is 15.5. The first kappa shape index (κ1) is 17.5. The molecular weight excluding hydrogens is 332 g/mol. The minimum Gasteiger partial charge on any atom is -0.381 e. The van der Waals surface area contributed by atoms with Crippen molar-refractivity contribution in [2.45, 2.75) is 44.1 Å². The van der Waals surface area contributed by atoms with Crippen LogP contribution >= 0.6 is 11.3 Å². The van der Waals surface area contributed by atoms with E-state index in [0.717, 1.165) is 64.8 Å². The Morgan fingerprint density at radius 1 is 1.28 bits per heavy atom. The Labute approximate surface area is 155 Å². The summed E-state index contributed by atoms with van der Waals surface area (Å²) in [7, 11) is 4.43. The molecule has 3 heterocycles. The summed E-state index contributed by atoms with van der Waals surface area (Å²) >= 11 is 1.88. The SMILES string of the molecule is CN(C)C1(c2cccs2)CCC2(CC1)CC(=O)N(CCC1COC1)C2. The van der Waals surface area contributed by atoms with E-state index in [1.165, 1.54) is 4.88 Å². The molecule has 1 saturated carbocycles. The summed E-state index contributed by atoms with van der Waals surface area (Å²) in [4.78, 5) is 18.6. The van der Waals surface area contributed by atoms with E-state index >= 15 is 0 Å². The molecule has 2 saturated heterocycles. The van der Waals surface area contributed by atoms with Gasteiger partial charge in [-0.2, -0.15) is 0 Å². The van der Waals surface area contributed by atoms with Gasteiger partial charge in [0.1, 0.15) is 0 Å². The average Bonchev–Trinajstić information content (AvgIpc) is 3.16. The smallest absolute Gasteiger partial charge is 0.223 e. The number of ether oxygens (including phenoxy) is 1. The van der Waals surface area contributed by atoms with E-state index in [0.29, 0.717) is 11.8 Å². The molecule has 0 N–H and O–H groups in total. The van der Waals surface area contributed by atoms with Gasteiger partial charge < -0.3 is 9.64 Å². The number of hydrogen-bond acceptors (Lipinski definition) is 4. The minimum atomic E-state index is 0.166. The van der Waals surface area contributed by atoms with Crippen molar-refractivity contribution in [2.75, 3.05) is 40.4 Å².